The van der Waals surface area contributed by atoms with Crippen LogP contribution in [0.25, 0.3) is 33.3 Å². The monoisotopic (exact) mass is 452 g/mol. The fourth-order valence-corrected chi connectivity index (χ4v) is 4.40. The highest BCUT2D eigenvalue weighted by atomic mass is 16.3. The summed E-state index contributed by atoms with van der Waals surface area (Å²) in [6, 6.07) is 26.8. The van der Waals surface area contributed by atoms with Crippen molar-refractivity contribution in [1.29, 1.82) is 0 Å². The lowest BCUT2D eigenvalue weighted by Crippen LogP contribution is -2.13. The summed E-state index contributed by atoms with van der Waals surface area (Å²) >= 11 is 0. The number of anilines is 1. The molecule has 1 unspecified atom stereocenters. The van der Waals surface area contributed by atoms with Crippen molar-refractivity contribution in [3.63, 3.8) is 0 Å². The number of hydrogen-bond donors (Lipinski definition) is 1. The maximum absolute atomic E-state index is 12.6. The summed E-state index contributed by atoms with van der Waals surface area (Å²) in [6.07, 6.45) is 1.54. The Morgan fingerprint density at radius 3 is 2.21 bits per heavy atom. The van der Waals surface area contributed by atoms with E-state index < -0.39 is 6.10 Å². The third kappa shape index (κ3) is 5.18. The maximum Gasteiger partial charge on any atom is 0.137 e. The summed E-state index contributed by atoms with van der Waals surface area (Å²) in [7, 11) is 4.11. The molecule has 0 saturated carbocycles. The lowest BCUT2D eigenvalue weighted by molar-refractivity contribution is -0.119. The van der Waals surface area contributed by atoms with E-state index in [1.54, 1.807) is 0 Å². The second-order valence-electron chi connectivity index (χ2n) is 8.98. The Hall–Kier alpha value is -3.50. The van der Waals surface area contributed by atoms with Gasteiger partial charge in [0.25, 0.3) is 0 Å². The van der Waals surface area contributed by atoms with Gasteiger partial charge in [-0.25, -0.2) is 4.98 Å². The molecule has 4 heteroatoms. The predicted octanol–water partition coefficient (Wildman–Crippen LogP) is 6.30. The first kappa shape index (κ1) is 23.7. The second kappa shape index (κ2) is 10.6. The Labute approximate surface area is 201 Å². The van der Waals surface area contributed by atoms with Crippen molar-refractivity contribution in [2.75, 3.05) is 19.0 Å². The minimum absolute atomic E-state index is 0.149. The third-order valence-corrected chi connectivity index (χ3v) is 6.21. The van der Waals surface area contributed by atoms with Gasteiger partial charge in [0.05, 0.1) is 23.0 Å². The second-order valence-corrected chi connectivity index (χ2v) is 8.98. The minimum atomic E-state index is -0.407. The number of aromatic nitrogens is 1. The number of fused-ring (bicyclic) bond motifs is 1. The molecular weight excluding hydrogens is 420 g/mol. The molecule has 4 rings (SSSR count). The van der Waals surface area contributed by atoms with Gasteiger partial charge in [0.15, 0.2) is 0 Å². The van der Waals surface area contributed by atoms with Gasteiger partial charge in [-0.3, -0.25) is 4.79 Å². The van der Waals surface area contributed by atoms with Gasteiger partial charge < -0.3 is 10.0 Å². The molecule has 1 atom stereocenters. The highest BCUT2D eigenvalue weighted by Crippen LogP contribution is 2.42. The fourth-order valence-electron chi connectivity index (χ4n) is 4.40. The normalized spacial score (nSPS) is 12.0. The van der Waals surface area contributed by atoms with Crippen molar-refractivity contribution in [3.05, 3.63) is 84.4 Å². The van der Waals surface area contributed by atoms with Crippen molar-refractivity contribution < 1.29 is 9.90 Å². The molecule has 0 amide bonds. The first-order valence-electron chi connectivity index (χ1n) is 11.9. The molecule has 0 saturated heterocycles. The molecule has 4 nitrogen and oxygen atoms in total. The Morgan fingerprint density at radius 2 is 1.59 bits per heavy atom. The van der Waals surface area contributed by atoms with Crippen molar-refractivity contribution >= 4 is 22.4 Å². The van der Waals surface area contributed by atoms with Crippen LogP contribution in [0.5, 0.6) is 0 Å². The summed E-state index contributed by atoms with van der Waals surface area (Å²) in [4.78, 5) is 19.8. The van der Waals surface area contributed by atoms with Gasteiger partial charge >= 0.3 is 0 Å². The van der Waals surface area contributed by atoms with Crippen LogP contribution in [0.3, 0.4) is 0 Å². The van der Waals surface area contributed by atoms with Crippen LogP contribution >= 0.6 is 0 Å². The molecule has 0 aliphatic rings. The lowest BCUT2D eigenvalue weighted by atomic mass is 9.93. The molecule has 174 valence electrons. The van der Waals surface area contributed by atoms with Crippen LogP contribution in [-0.4, -0.2) is 36.1 Å². The average molecular weight is 453 g/mol. The molecular formula is C30H32N2O2. The number of Topliss-reactive ketones (excluding diaryl/α,β-unsaturated/α-hetero) is 1. The molecule has 4 aromatic rings. The summed E-state index contributed by atoms with van der Waals surface area (Å²) in [6.45, 7) is 1.93. The molecule has 3 aromatic carbocycles. The molecule has 1 heterocycles. The van der Waals surface area contributed by atoms with E-state index in [0.717, 1.165) is 44.5 Å². The van der Waals surface area contributed by atoms with Gasteiger partial charge in [-0.15, -0.1) is 0 Å². The van der Waals surface area contributed by atoms with Crippen molar-refractivity contribution in [1.82, 2.24) is 4.98 Å². The third-order valence-electron chi connectivity index (χ3n) is 6.21. The number of nitrogens with zero attached hydrogens (tertiary/aromatic N) is 2. The molecule has 0 bridgehead atoms. The lowest BCUT2D eigenvalue weighted by Gasteiger charge is -2.23. The maximum atomic E-state index is 12.6. The zero-order chi connectivity index (χ0) is 24.1. The number of benzene rings is 3. The van der Waals surface area contributed by atoms with Gasteiger partial charge in [-0.1, -0.05) is 73.7 Å². The Kier molecular flexibility index (Phi) is 7.39. The van der Waals surface area contributed by atoms with Crippen molar-refractivity contribution in [3.8, 4) is 22.4 Å². The van der Waals surface area contributed by atoms with Crippen LogP contribution in [0, 0.1) is 0 Å². The Balaban J connectivity index is 1.86. The first-order chi connectivity index (χ1) is 16.5. The minimum Gasteiger partial charge on any atom is -0.393 e. The number of aliphatic hydroxyl groups excluding tert-OH is 1. The van der Waals surface area contributed by atoms with E-state index >= 15 is 0 Å². The Morgan fingerprint density at radius 1 is 0.941 bits per heavy atom. The molecule has 0 radical (unpaired) electrons. The van der Waals surface area contributed by atoms with Crippen molar-refractivity contribution in [2.24, 2.45) is 0 Å². The van der Waals surface area contributed by atoms with Crippen LogP contribution < -0.4 is 4.90 Å². The number of aliphatic hydroxyl groups is 1. The Bertz CT molecular complexity index is 1270. The molecule has 0 aliphatic carbocycles. The number of carbonyl (C=O) groups excluding carboxylic acids is 1. The van der Waals surface area contributed by atoms with Gasteiger partial charge in [0, 0.05) is 43.5 Å². The number of pyridine rings is 1. The number of hydrogen-bond acceptors (Lipinski definition) is 4. The largest absolute Gasteiger partial charge is 0.393 e. The standard InChI is InChI=1S/C30H32N2O2/c1-4-24(33)16-17-25(34)19-21-15-18-27-26(20-21)30(32(2)3)28(22-11-7-5-8-12-22)29(31-27)23-13-9-6-10-14-23/h5-15,18,20,24,33H,4,16-17,19H2,1-3H3. The van der Waals surface area contributed by atoms with Gasteiger partial charge in [-0.05, 0) is 36.1 Å². The summed E-state index contributed by atoms with van der Waals surface area (Å²) in [5, 5.41) is 10.8. The van der Waals surface area contributed by atoms with Crippen LogP contribution in [0.2, 0.25) is 0 Å². The summed E-state index contributed by atoms with van der Waals surface area (Å²) < 4.78 is 0. The molecule has 34 heavy (non-hydrogen) atoms. The van der Waals surface area contributed by atoms with Crippen LogP contribution in [0.4, 0.5) is 5.69 Å². The smallest absolute Gasteiger partial charge is 0.137 e. The van der Waals surface area contributed by atoms with Gasteiger partial charge in [0.2, 0.25) is 0 Å². The van der Waals surface area contributed by atoms with Crippen molar-refractivity contribution in [2.45, 2.75) is 38.7 Å². The number of ketones is 1. The first-order valence-corrected chi connectivity index (χ1v) is 11.9. The number of carbonyl (C=O) groups is 1. The highest BCUT2D eigenvalue weighted by molar-refractivity contribution is 6.05. The predicted molar refractivity (Wildman–Crippen MR) is 141 cm³/mol. The molecule has 1 aromatic heterocycles. The number of rotatable bonds is 9. The van der Waals surface area contributed by atoms with E-state index in [1.807, 2.05) is 55.5 Å². The van der Waals surface area contributed by atoms with E-state index in [9.17, 15) is 9.90 Å². The molecule has 0 spiro atoms. The summed E-state index contributed by atoms with van der Waals surface area (Å²) in [5.74, 6) is 0.149. The van der Waals surface area contributed by atoms with E-state index in [-0.39, 0.29) is 5.78 Å². The summed E-state index contributed by atoms with van der Waals surface area (Å²) in [5.41, 5.74) is 7.17. The molecule has 0 fully saturated rings. The zero-order valence-corrected chi connectivity index (χ0v) is 20.2. The van der Waals surface area contributed by atoms with Crippen LogP contribution in [0.15, 0.2) is 78.9 Å². The zero-order valence-electron chi connectivity index (χ0n) is 20.2. The topological polar surface area (TPSA) is 53.4 Å². The van der Waals surface area contributed by atoms with Gasteiger partial charge in [-0.2, -0.15) is 0 Å². The quantitative estimate of drug-likeness (QED) is 0.324. The van der Waals surface area contributed by atoms with E-state index in [2.05, 4.69) is 49.3 Å². The molecule has 1 N–H and O–H groups in total. The average Bonchev–Trinajstić information content (AvgIpc) is 2.87. The van der Waals surface area contributed by atoms with E-state index in [1.165, 1.54) is 0 Å². The van der Waals surface area contributed by atoms with E-state index in [4.69, 9.17) is 4.98 Å². The van der Waals surface area contributed by atoms with Gasteiger partial charge in [0.1, 0.15) is 5.78 Å². The van der Waals surface area contributed by atoms with E-state index in [0.29, 0.717) is 25.7 Å². The highest BCUT2D eigenvalue weighted by Gasteiger charge is 2.20. The molecule has 0 aliphatic heterocycles. The van der Waals surface area contributed by atoms with Crippen LogP contribution in [0.1, 0.15) is 31.7 Å². The SMILES string of the molecule is CCC(O)CCC(=O)Cc1ccc2nc(-c3ccccc3)c(-c3ccccc3)c(N(C)C)c2c1. The fraction of sp³-hybridized carbons (Fsp3) is 0.267. The van der Waals surface area contributed by atoms with Crippen LogP contribution in [-0.2, 0) is 11.2 Å².